The van der Waals surface area contributed by atoms with Crippen molar-refractivity contribution in [2.45, 2.75) is 25.9 Å². The molecule has 0 aliphatic carbocycles. The average Bonchev–Trinajstić information content (AvgIpc) is 2.17. The lowest BCUT2D eigenvalue weighted by molar-refractivity contribution is -0.149. The van der Waals surface area contributed by atoms with Crippen LogP contribution in [-0.4, -0.2) is 37.7 Å². The van der Waals surface area contributed by atoms with Crippen molar-refractivity contribution in [3.8, 4) is 0 Å². The normalized spacial score (nSPS) is 20.1. The van der Waals surface area contributed by atoms with E-state index in [1.807, 2.05) is 0 Å². The third-order valence-corrected chi connectivity index (χ3v) is 1.96. The van der Waals surface area contributed by atoms with Crippen molar-refractivity contribution in [3.05, 3.63) is 0 Å². The third-order valence-electron chi connectivity index (χ3n) is 1.96. The van der Waals surface area contributed by atoms with Crippen molar-refractivity contribution in [2.24, 2.45) is 10.7 Å². The largest absolute Gasteiger partial charge is 0.464 e. The number of halogens is 1. The summed E-state index contributed by atoms with van der Waals surface area (Å²) in [6, 6.07) is 0. The Balaban J connectivity index is 0.00000196. The van der Waals surface area contributed by atoms with E-state index >= 15 is 0 Å². The van der Waals surface area contributed by atoms with Gasteiger partial charge in [-0.25, -0.2) is 4.79 Å². The molecule has 0 spiro atoms. The average molecular weight is 237 g/mol. The number of carbonyl (C=O) groups is 1. The van der Waals surface area contributed by atoms with Crippen LogP contribution in [0.5, 0.6) is 0 Å². The molecule has 0 radical (unpaired) electrons. The van der Waals surface area contributed by atoms with Gasteiger partial charge in [0.2, 0.25) is 0 Å². The van der Waals surface area contributed by atoms with E-state index in [0.717, 1.165) is 19.4 Å². The Morgan fingerprint density at radius 2 is 2.40 bits per heavy atom. The highest BCUT2D eigenvalue weighted by Crippen LogP contribution is 2.08. The van der Waals surface area contributed by atoms with Crippen LogP contribution in [0.25, 0.3) is 0 Å². The molecule has 0 saturated carbocycles. The Labute approximate surface area is 95.4 Å². The zero-order valence-electron chi connectivity index (χ0n) is 8.77. The maximum absolute atomic E-state index is 11.0. The van der Waals surface area contributed by atoms with Crippen molar-refractivity contribution < 1.29 is 14.3 Å². The maximum atomic E-state index is 11.0. The first-order valence-corrected chi connectivity index (χ1v) is 4.81. The number of nitrogens with two attached hydrogens (primary N) is 1. The molecule has 0 fully saturated rings. The molecule has 1 atom stereocenters. The van der Waals surface area contributed by atoms with E-state index in [9.17, 15) is 4.79 Å². The molecule has 88 valence electrons. The molecule has 0 amide bonds. The van der Waals surface area contributed by atoms with Gasteiger partial charge in [0.15, 0.2) is 0 Å². The highest BCUT2D eigenvalue weighted by atomic mass is 35.5. The quantitative estimate of drug-likeness (QED) is 0.722. The Morgan fingerprint density at radius 3 is 3.00 bits per heavy atom. The zero-order valence-corrected chi connectivity index (χ0v) is 9.59. The summed E-state index contributed by atoms with van der Waals surface area (Å²) >= 11 is 0. The number of aliphatic imine (C=N–C) groups is 1. The van der Waals surface area contributed by atoms with Gasteiger partial charge in [-0.3, -0.25) is 4.99 Å². The molecule has 0 aromatic rings. The van der Waals surface area contributed by atoms with Crippen LogP contribution >= 0.6 is 12.4 Å². The van der Waals surface area contributed by atoms with Gasteiger partial charge in [-0.2, -0.15) is 0 Å². The number of nitrogens with zero attached hydrogens (tertiary/aromatic N) is 1. The van der Waals surface area contributed by atoms with Crippen molar-refractivity contribution in [2.75, 3.05) is 19.8 Å². The van der Waals surface area contributed by atoms with Gasteiger partial charge in [0.25, 0.3) is 0 Å². The molecule has 1 aliphatic rings. The van der Waals surface area contributed by atoms with Gasteiger partial charge in [-0.15, -0.1) is 12.4 Å². The summed E-state index contributed by atoms with van der Waals surface area (Å²) in [5.74, 6) is 0.131. The van der Waals surface area contributed by atoms with Gasteiger partial charge in [0, 0.05) is 6.54 Å². The second-order valence-electron chi connectivity index (χ2n) is 3.05. The molecule has 0 bridgehead atoms. The minimum atomic E-state index is -0.356. The summed E-state index contributed by atoms with van der Waals surface area (Å²) in [5.41, 5.74) is 5.61. The van der Waals surface area contributed by atoms with E-state index in [4.69, 9.17) is 15.2 Å². The van der Waals surface area contributed by atoms with Gasteiger partial charge in [0.1, 0.15) is 18.5 Å². The number of amidine groups is 1. The first kappa shape index (κ1) is 14.2. The summed E-state index contributed by atoms with van der Waals surface area (Å²) in [5, 5.41) is 0. The Kier molecular flexibility index (Phi) is 7.07. The lowest BCUT2D eigenvalue weighted by Crippen LogP contribution is -2.36. The molecule has 0 saturated heterocycles. The van der Waals surface area contributed by atoms with E-state index in [2.05, 4.69) is 4.99 Å². The lowest BCUT2D eigenvalue weighted by atomic mass is 10.1. The molecule has 0 aromatic heterocycles. The molecular formula is C9H17ClN2O3. The van der Waals surface area contributed by atoms with E-state index in [1.54, 1.807) is 6.92 Å². The van der Waals surface area contributed by atoms with Crippen LogP contribution in [0.3, 0.4) is 0 Å². The Hall–Kier alpha value is -0.810. The summed E-state index contributed by atoms with van der Waals surface area (Å²) in [6.07, 6.45) is 1.57. The Bertz CT molecular complexity index is 233. The highest BCUT2D eigenvalue weighted by Gasteiger charge is 2.18. The molecule has 2 N–H and O–H groups in total. The first-order chi connectivity index (χ1) is 6.74. The summed E-state index contributed by atoms with van der Waals surface area (Å²) in [4.78, 5) is 15.0. The van der Waals surface area contributed by atoms with Crippen molar-refractivity contribution in [1.82, 2.24) is 0 Å². The molecule has 1 unspecified atom stereocenters. The van der Waals surface area contributed by atoms with E-state index in [1.165, 1.54) is 0 Å². The minimum absolute atomic E-state index is 0. The predicted octanol–water partition coefficient (Wildman–Crippen LogP) is 0.507. The minimum Gasteiger partial charge on any atom is -0.464 e. The second-order valence-corrected chi connectivity index (χ2v) is 3.05. The lowest BCUT2D eigenvalue weighted by Gasteiger charge is -2.20. The fourth-order valence-electron chi connectivity index (χ4n) is 1.27. The van der Waals surface area contributed by atoms with E-state index in [0.29, 0.717) is 12.4 Å². The van der Waals surface area contributed by atoms with Gasteiger partial charge >= 0.3 is 5.97 Å². The number of carbonyl (C=O) groups excluding carboxylic acids is 1. The van der Waals surface area contributed by atoms with Crippen LogP contribution in [0.4, 0.5) is 0 Å². The van der Waals surface area contributed by atoms with Gasteiger partial charge in [-0.05, 0) is 19.8 Å². The van der Waals surface area contributed by atoms with Crippen molar-refractivity contribution in [3.63, 3.8) is 0 Å². The van der Waals surface area contributed by atoms with Crippen LogP contribution in [0.2, 0.25) is 0 Å². The van der Waals surface area contributed by atoms with Gasteiger partial charge < -0.3 is 15.2 Å². The molecule has 1 rings (SSSR count). The molecular weight excluding hydrogens is 220 g/mol. The molecule has 1 aliphatic heterocycles. The van der Waals surface area contributed by atoms with Crippen LogP contribution in [0.1, 0.15) is 19.8 Å². The van der Waals surface area contributed by atoms with Crippen LogP contribution in [0.15, 0.2) is 4.99 Å². The van der Waals surface area contributed by atoms with Crippen LogP contribution in [-0.2, 0) is 14.3 Å². The number of ether oxygens (including phenoxy) is 2. The number of rotatable bonds is 4. The molecule has 0 aromatic carbocycles. The monoisotopic (exact) mass is 236 g/mol. The van der Waals surface area contributed by atoms with E-state index in [-0.39, 0.29) is 31.1 Å². The molecule has 5 nitrogen and oxygen atoms in total. The molecule has 15 heavy (non-hydrogen) atoms. The first-order valence-electron chi connectivity index (χ1n) is 4.81. The van der Waals surface area contributed by atoms with Crippen LogP contribution < -0.4 is 5.73 Å². The molecule has 6 heteroatoms. The number of esters is 1. The smallest absolute Gasteiger partial charge is 0.332 e. The molecule has 1 heterocycles. The summed E-state index contributed by atoms with van der Waals surface area (Å²) < 4.78 is 10.0. The number of hydrogen-bond donors (Lipinski definition) is 1. The zero-order chi connectivity index (χ0) is 10.4. The van der Waals surface area contributed by atoms with Crippen LogP contribution in [0, 0.1) is 0 Å². The highest BCUT2D eigenvalue weighted by molar-refractivity contribution is 5.86. The number of hydrogen-bond acceptors (Lipinski definition) is 5. The van der Waals surface area contributed by atoms with E-state index < -0.39 is 0 Å². The fraction of sp³-hybridized carbons (Fsp3) is 0.778. The maximum Gasteiger partial charge on any atom is 0.332 e. The van der Waals surface area contributed by atoms with Gasteiger partial charge in [0.05, 0.1) is 6.61 Å². The van der Waals surface area contributed by atoms with Crippen molar-refractivity contribution in [1.29, 1.82) is 0 Å². The Morgan fingerprint density at radius 1 is 1.67 bits per heavy atom. The second kappa shape index (κ2) is 7.48. The topological polar surface area (TPSA) is 73.9 Å². The SMILES string of the molecule is CCOC(=O)COC1CCCN=C1N.Cl. The fourth-order valence-corrected chi connectivity index (χ4v) is 1.27. The standard InChI is InChI=1S/C9H16N2O3.ClH/c1-2-13-8(12)6-14-7-4-3-5-11-9(7)10;/h7H,2-6H2,1H3,(H2,10,11);1H. The van der Waals surface area contributed by atoms with Crippen molar-refractivity contribution >= 4 is 24.2 Å². The third kappa shape index (κ3) is 4.99. The summed E-state index contributed by atoms with van der Waals surface area (Å²) in [7, 11) is 0. The summed E-state index contributed by atoms with van der Waals surface area (Å²) in [6.45, 7) is 2.84. The van der Waals surface area contributed by atoms with Gasteiger partial charge in [-0.1, -0.05) is 0 Å². The predicted molar refractivity (Wildman–Crippen MR) is 59.3 cm³/mol.